The van der Waals surface area contributed by atoms with Crippen LogP contribution in [0.3, 0.4) is 0 Å². The molecule has 0 amide bonds. The van der Waals surface area contributed by atoms with Crippen LogP contribution < -0.4 is 0 Å². The highest BCUT2D eigenvalue weighted by atomic mass is 79.9. The third-order valence-corrected chi connectivity index (χ3v) is 3.80. The Kier molecular flexibility index (Phi) is 3.85. The van der Waals surface area contributed by atoms with Crippen LogP contribution in [-0.4, -0.2) is 14.8 Å². The van der Waals surface area contributed by atoms with Gasteiger partial charge in [0.1, 0.15) is 0 Å². The second-order valence-corrected chi connectivity index (χ2v) is 5.63. The highest BCUT2D eigenvalue weighted by Gasteiger charge is 2.12. The summed E-state index contributed by atoms with van der Waals surface area (Å²) in [5, 5.41) is 8.54. The fourth-order valence-electron chi connectivity index (χ4n) is 2.00. The number of rotatable bonds is 3. The molecule has 1 aromatic heterocycles. The molecule has 1 heterocycles. The zero-order valence-electron chi connectivity index (χ0n) is 10.5. The van der Waals surface area contributed by atoms with Gasteiger partial charge in [-0.05, 0) is 29.3 Å². The molecule has 0 aliphatic heterocycles. The molecule has 0 bridgehead atoms. The van der Waals surface area contributed by atoms with E-state index >= 15 is 0 Å². The Bertz CT molecular complexity index is 708. The van der Waals surface area contributed by atoms with E-state index in [1.807, 2.05) is 47.0 Å². The first kappa shape index (κ1) is 13.3. The van der Waals surface area contributed by atoms with E-state index in [1.54, 1.807) is 0 Å². The molecule has 0 saturated carbocycles. The van der Waals surface area contributed by atoms with Crippen LogP contribution in [-0.2, 0) is 6.54 Å². The largest absolute Gasteiger partial charge is 0.293 e. The predicted octanol–water partition coefficient (Wildman–Crippen LogP) is 4.41. The van der Waals surface area contributed by atoms with E-state index in [9.17, 15) is 0 Å². The first-order valence-electron chi connectivity index (χ1n) is 6.12. The summed E-state index contributed by atoms with van der Waals surface area (Å²) in [4.78, 5) is 0. The summed E-state index contributed by atoms with van der Waals surface area (Å²) in [6.07, 6.45) is 0. The topological polar surface area (TPSA) is 30.7 Å². The predicted molar refractivity (Wildman–Crippen MR) is 83.7 cm³/mol. The van der Waals surface area contributed by atoms with Gasteiger partial charge in [-0.3, -0.25) is 4.57 Å². The van der Waals surface area contributed by atoms with Gasteiger partial charge in [-0.2, -0.15) is 0 Å². The molecule has 0 radical (unpaired) electrons. The molecule has 3 rings (SSSR count). The second-order valence-electron chi connectivity index (χ2n) is 4.37. The maximum atomic E-state index is 6.16. The van der Waals surface area contributed by atoms with E-state index < -0.39 is 0 Å². The first-order valence-corrected chi connectivity index (χ1v) is 7.30. The third-order valence-electron chi connectivity index (χ3n) is 2.99. The fourth-order valence-corrected chi connectivity index (χ4v) is 2.44. The summed E-state index contributed by atoms with van der Waals surface area (Å²) in [6, 6.07) is 18.0. The van der Waals surface area contributed by atoms with Gasteiger partial charge in [0.2, 0.25) is 5.28 Å². The Hall–Kier alpha value is -1.65. The van der Waals surface area contributed by atoms with Crippen molar-refractivity contribution in [2.45, 2.75) is 6.54 Å². The summed E-state index contributed by atoms with van der Waals surface area (Å²) in [5.74, 6) is 0.776. The molecule has 2 aromatic carbocycles. The molecular weight excluding hydrogens is 338 g/mol. The summed E-state index contributed by atoms with van der Waals surface area (Å²) in [6.45, 7) is 0.642. The van der Waals surface area contributed by atoms with Crippen molar-refractivity contribution in [3.8, 4) is 11.4 Å². The number of aromatic nitrogens is 3. The molecule has 0 atom stereocenters. The lowest BCUT2D eigenvalue weighted by Gasteiger charge is -2.08. The number of benzene rings is 2. The van der Waals surface area contributed by atoms with Crippen molar-refractivity contribution in [2.75, 3.05) is 0 Å². The molecule has 20 heavy (non-hydrogen) atoms. The van der Waals surface area contributed by atoms with Gasteiger partial charge in [-0.1, -0.05) is 58.4 Å². The van der Waals surface area contributed by atoms with E-state index in [2.05, 4.69) is 38.3 Å². The maximum Gasteiger partial charge on any atom is 0.225 e. The van der Waals surface area contributed by atoms with E-state index in [0.717, 1.165) is 21.4 Å². The molecule has 0 saturated heterocycles. The molecule has 3 aromatic rings. The molecule has 0 aliphatic rings. The summed E-state index contributed by atoms with van der Waals surface area (Å²) < 4.78 is 2.96. The van der Waals surface area contributed by atoms with E-state index in [-0.39, 0.29) is 0 Å². The zero-order valence-corrected chi connectivity index (χ0v) is 12.8. The lowest BCUT2D eigenvalue weighted by molar-refractivity contribution is 0.804. The van der Waals surface area contributed by atoms with Gasteiger partial charge >= 0.3 is 0 Å². The number of halogens is 2. The van der Waals surface area contributed by atoms with Crippen molar-refractivity contribution in [1.82, 2.24) is 14.8 Å². The van der Waals surface area contributed by atoms with Gasteiger partial charge in [-0.15, -0.1) is 10.2 Å². The zero-order chi connectivity index (χ0) is 13.9. The normalized spacial score (nSPS) is 10.7. The molecule has 3 nitrogen and oxygen atoms in total. The molecule has 0 aliphatic carbocycles. The Labute approximate surface area is 130 Å². The van der Waals surface area contributed by atoms with Gasteiger partial charge in [0.05, 0.1) is 6.54 Å². The SMILES string of the molecule is Clc1nnc(-c2ccccc2)n1Cc1ccc(Br)cc1. The van der Waals surface area contributed by atoms with Crippen molar-refractivity contribution >= 4 is 27.5 Å². The summed E-state index contributed by atoms with van der Waals surface area (Å²) in [7, 11) is 0. The van der Waals surface area contributed by atoms with Crippen molar-refractivity contribution in [1.29, 1.82) is 0 Å². The number of nitrogens with zero attached hydrogens (tertiary/aromatic N) is 3. The highest BCUT2D eigenvalue weighted by molar-refractivity contribution is 9.10. The first-order chi connectivity index (χ1) is 9.74. The highest BCUT2D eigenvalue weighted by Crippen LogP contribution is 2.22. The summed E-state index contributed by atoms with van der Waals surface area (Å²) >= 11 is 9.59. The van der Waals surface area contributed by atoms with Crippen LogP contribution in [0.2, 0.25) is 5.28 Å². The Morgan fingerprint density at radius 1 is 0.950 bits per heavy atom. The van der Waals surface area contributed by atoms with Gasteiger partial charge < -0.3 is 0 Å². The standard InChI is InChI=1S/C15H11BrClN3/c16-13-8-6-11(7-9-13)10-20-14(18-19-15(20)17)12-4-2-1-3-5-12/h1-9H,10H2. The fraction of sp³-hybridized carbons (Fsp3) is 0.0667. The second kappa shape index (κ2) is 5.77. The quantitative estimate of drug-likeness (QED) is 0.702. The van der Waals surface area contributed by atoms with Gasteiger partial charge in [0.25, 0.3) is 0 Å². The van der Waals surface area contributed by atoms with E-state index in [1.165, 1.54) is 0 Å². The average molecular weight is 349 g/mol. The lowest BCUT2D eigenvalue weighted by atomic mass is 10.2. The molecule has 5 heteroatoms. The maximum absolute atomic E-state index is 6.16. The number of hydrogen-bond acceptors (Lipinski definition) is 2. The monoisotopic (exact) mass is 347 g/mol. The van der Waals surface area contributed by atoms with E-state index in [4.69, 9.17) is 11.6 Å². The summed E-state index contributed by atoms with van der Waals surface area (Å²) in [5.41, 5.74) is 2.15. The minimum absolute atomic E-state index is 0.395. The molecule has 0 unspecified atom stereocenters. The Morgan fingerprint density at radius 2 is 1.65 bits per heavy atom. The van der Waals surface area contributed by atoms with Crippen molar-refractivity contribution in [2.24, 2.45) is 0 Å². The van der Waals surface area contributed by atoms with Crippen LogP contribution in [0, 0.1) is 0 Å². The van der Waals surface area contributed by atoms with Crippen molar-refractivity contribution < 1.29 is 0 Å². The smallest absolute Gasteiger partial charge is 0.225 e. The molecule has 0 N–H and O–H groups in total. The van der Waals surface area contributed by atoms with Gasteiger partial charge in [0.15, 0.2) is 5.82 Å². The van der Waals surface area contributed by atoms with Crippen LogP contribution in [0.1, 0.15) is 5.56 Å². The van der Waals surface area contributed by atoms with Crippen LogP contribution in [0.4, 0.5) is 0 Å². The molecule has 0 spiro atoms. The third kappa shape index (κ3) is 2.76. The lowest BCUT2D eigenvalue weighted by Crippen LogP contribution is -2.02. The van der Waals surface area contributed by atoms with Crippen LogP contribution in [0.15, 0.2) is 59.1 Å². The van der Waals surface area contributed by atoms with Crippen molar-refractivity contribution in [3.63, 3.8) is 0 Å². The minimum Gasteiger partial charge on any atom is -0.293 e. The van der Waals surface area contributed by atoms with Crippen LogP contribution in [0.25, 0.3) is 11.4 Å². The average Bonchev–Trinajstić information content (AvgIpc) is 2.84. The van der Waals surface area contributed by atoms with Crippen molar-refractivity contribution in [3.05, 3.63) is 69.9 Å². The van der Waals surface area contributed by atoms with Crippen LogP contribution in [0.5, 0.6) is 0 Å². The van der Waals surface area contributed by atoms with E-state index in [0.29, 0.717) is 11.8 Å². The van der Waals surface area contributed by atoms with Crippen LogP contribution >= 0.6 is 27.5 Å². The van der Waals surface area contributed by atoms with Gasteiger partial charge in [0, 0.05) is 10.0 Å². The number of hydrogen-bond donors (Lipinski definition) is 0. The molecular formula is C15H11BrClN3. The Balaban J connectivity index is 1.97. The van der Waals surface area contributed by atoms with Gasteiger partial charge in [-0.25, -0.2) is 0 Å². The molecule has 0 fully saturated rings. The molecule has 100 valence electrons. The minimum atomic E-state index is 0.395. The Morgan fingerprint density at radius 3 is 2.35 bits per heavy atom.